The first-order valence-electron chi connectivity index (χ1n) is 6.43. The van der Waals surface area contributed by atoms with Crippen LogP contribution < -0.4 is 11.1 Å². The van der Waals surface area contributed by atoms with Gasteiger partial charge in [0.1, 0.15) is 0 Å². The summed E-state index contributed by atoms with van der Waals surface area (Å²) >= 11 is 0. The van der Waals surface area contributed by atoms with Gasteiger partial charge in [-0.2, -0.15) is 13.2 Å². The number of unbranched alkanes of at least 4 members (excludes halogenated alkanes) is 1. The quantitative estimate of drug-likeness (QED) is 0.588. The number of rotatable bonds is 10. The minimum Gasteiger partial charge on any atom is -0.330 e. The van der Waals surface area contributed by atoms with E-state index in [1.807, 2.05) is 0 Å². The van der Waals surface area contributed by atoms with Gasteiger partial charge < -0.3 is 11.1 Å². The van der Waals surface area contributed by atoms with Gasteiger partial charge in [-0.05, 0) is 57.7 Å². The third kappa shape index (κ3) is 13.6. The summed E-state index contributed by atoms with van der Waals surface area (Å²) in [5, 5.41) is 3.17. The van der Waals surface area contributed by atoms with E-state index in [4.69, 9.17) is 5.73 Å². The van der Waals surface area contributed by atoms with Crippen LogP contribution in [0.4, 0.5) is 13.2 Å². The average molecular weight is 254 g/mol. The molecule has 0 fully saturated rings. The molecule has 0 aromatic rings. The zero-order valence-electron chi connectivity index (χ0n) is 10.7. The highest BCUT2D eigenvalue weighted by Crippen LogP contribution is 2.21. The van der Waals surface area contributed by atoms with Gasteiger partial charge in [-0.3, -0.25) is 0 Å². The number of alkyl halides is 3. The van der Waals surface area contributed by atoms with Crippen LogP contribution >= 0.6 is 0 Å². The molecular formula is C12H25F3N2. The van der Waals surface area contributed by atoms with Gasteiger partial charge in [0.25, 0.3) is 0 Å². The summed E-state index contributed by atoms with van der Waals surface area (Å²) in [6.07, 6.45) is -0.601. The normalized spacial score (nSPS) is 13.9. The Balaban J connectivity index is 3.14. The minimum atomic E-state index is -4.00. The number of halogens is 3. The molecule has 0 spiro atoms. The fraction of sp³-hybridized carbons (Fsp3) is 1.00. The van der Waals surface area contributed by atoms with Crippen LogP contribution in [0.1, 0.15) is 45.4 Å². The van der Waals surface area contributed by atoms with Crippen molar-refractivity contribution in [3.63, 3.8) is 0 Å². The first-order valence-corrected chi connectivity index (χ1v) is 6.43. The van der Waals surface area contributed by atoms with Crippen molar-refractivity contribution in [1.29, 1.82) is 0 Å². The van der Waals surface area contributed by atoms with Crippen LogP contribution in [0.5, 0.6) is 0 Å². The summed E-state index contributed by atoms with van der Waals surface area (Å²) in [7, 11) is 0. The van der Waals surface area contributed by atoms with Crippen LogP contribution in [0.2, 0.25) is 0 Å². The number of nitrogens with two attached hydrogens (primary N) is 1. The Morgan fingerprint density at radius 1 is 1.06 bits per heavy atom. The van der Waals surface area contributed by atoms with Gasteiger partial charge in [0.2, 0.25) is 0 Å². The third-order valence-corrected chi connectivity index (χ3v) is 2.77. The van der Waals surface area contributed by atoms with Crippen LogP contribution in [-0.2, 0) is 0 Å². The monoisotopic (exact) mass is 254 g/mol. The second-order valence-corrected chi connectivity index (χ2v) is 4.65. The number of hydrogen-bond donors (Lipinski definition) is 2. The Morgan fingerprint density at radius 2 is 1.71 bits per heavy atom. The van der Waals surface area contributed by atoms with E-state index >= 15 is 0 Å². The van der Waals surface area contributed by atoms with E-state index in [0.717, 1.165) is 32.4 Å². The van der Waals surface area contributed by atoms with E-state index in [1.165, 1.54) is 0 Å². The second kappa shape index (κ2) is 9.71. The highest BCUT2D eigenvalue weighted by atomic mass is 19.4. The lowest BCUT2D eigenvalue weighted by molar-refractivity contribution is -0.135. The van der Waals surface area contributed by atoms with Crippen molar-refractivity contribution in [3.05, 3.63) is 0 Å². The van der Waals surface area contributed by atoms with Crippen molar-refractivity contribution in [2.45, 2.75) is 51.6 Å². The van der Waals surface area contributed by atoms with Gasteiger partial charge in [0, 0.05) is 6.42 Å². The standard InChI is InChI=1S/C12H25F3N2/c1-11(6-8-16)5-4-10-17-9-3-2-7-12(13,14)15/h11,17H,2-10,16H2,1H3. The maximum Gasteiger partial charge on any atom is 0.389 e. The van der Waals surface area contributed by atoms with Crippen molar-refractivity contribution in [2.75, 3.05) is 19.6 Å². The van der Waals surface area contributed by atoms with Crippen molar-refractivity contribution < 1.29 is 13.2 Å². The summed E-state index contributed by atoms with van der Waals surface area (Å²) < 4.78 is 35.4. The molecule has 2 nitrogen and oxygen atoms in total. The largest absolute Gasteiger partial charge is 0.389 e. The van der Waals surface area contributed by atoms with E-state index in [9.17, 15) is 13.2 Å². The smallest absolute Gasteiger partial charge is 0.330 e. The Kier molecular flexibility index (Phi) is 9.55. The van der Waals surface area contributed by atoms with E-state index in [0.29, 0.717) is 18.9 Å². The van der Waals surface area contributed by atoms with Crippen molar-refractivity contribution in [3.8, 4) is 0 Å². The molecule has 0 saturated carbocycles. The highest BCUT2D eigenvalue weighted by Gasteiger charge is 2.25. The SMILES string of the molecule is CC(CCN)CCCNCCCCC(F)(F)F. The Bertz CT molecular complexity index is 172. The summed E-state index contributed by atoms with van der Waals surface area (Å²) in [6.45, 7) is 4.48. The summed E-state index contributed by atoms with van der Waals surface area (Å²) in [6, 6.07) is 0. The summed E-state index contributed by atoms with van der Waals surface area (Å²) in [4.78, 5) is 0. The lowest BCUT2D eigenvalue weighted by Gasteiger charge is -2.10. The van der Waals surface area contributed by atoms with Crippen molar-refractivity contribution >= 4 is 0 Å². The van der Waals surface area contributed by atoms with Crippen LogP contribution in [0, 0.1) is 5.92 Å². The molecule has 1 unspecified atom stereocenters. The molecule has 0 saturated heterocycles. The molecule has 0 aromatic heterocycles. The lowest BCUT2D eigenvalue weighted by atomic mass is 10.0. The fourth-order valence-electron chi connectivity index (χ4n) is 1.70. The van der Waals surface area contributed by atoms with Crippen LogP contribution in [0.3, 0.4) is 0 Å². The zero-order valence-corrected chi connectivity index (χ0v) is 10.7. The van der Waals surface area contributed by atoms with Crippen molar-refractivity contribution in [1.82, 2.24) is 5.32 Å². The molecule has 17 heavy (non-hydrogen) atoms. The molecule has 104 valence electrons. The molecule has 0 aliphatic rings. The van der Waals surface area contributed by atoms with Gasteiger partial charge in [0.05, 0.1) is 0 Å². The molecule has 0 bridgehead atoms. The van der Waals surface area contributed by atoms with Crippen LogP contribution in [-0.4, -0.2) is 25.8 Å². The molecule has 0 heterocycles. The molecule has 0 rings (SSSR count). The van der Waals surface area contributed by atoms with Crippen LogP contribution in [0.15, 0.2) is 0 Å². The first kappa shape index (κ1) is 16.7. The number of nitrogens with one attached hydrogen (secondary N) is 1. The molecule has 0 amide bonds. The fourth-order valence-corrected chi connectivity index (χ4v) is 1.70. The van der Waals surface area contributed by atoms with Gasteiger partial charge in [-0.15, -0.1) is 0 Å². The number of hydrogen-bond acceptors (Lipinski definition) is 2. The summed E-state index contributed by atoms with van der Waals surface area (Å²) in [5.74, 6) is 0.645. The van der Waals surface area contributed by atoms with E-state index in [-0.39, 0.29) is 6.42 Å². The first-order chi connectivity index (χ1) is 7.95. The van der Waals surface area contributed by atoms with Gasteiger partial charge in [-0.1, -0.05) is 6.92 Å². The van der Waals surface area contributed by atoms with Crippen LogP contribution in [0.25, 0.3) is 0 Å². The highest BCUT2D eigenvalue weighted by molar-refractivity contribution is 4.57. The van der Waals surface area contributed by atoms with Gasteiger partial charge in [0.15, 0.2) is 0 Å². The second-order valence-electron chi connectivity index (χ2n) is 4.65. The third-order valence-electron chi connectivity index (χ3n) is 2.77. The molecule has 1 atom stereocenters. The zero-order chi connectivity index (χ0) is 13.1. The van der Waals surface area contributed by atoms with Gasteiger partial charge in [-0.25, -0.2) is 0 Å². The topological polar surface area (TPSA) is 38.0 Å². The Morgan fingerprint density at radius 3 is 2.29 bits per heavy atom. The average Bonchev–Trinajstić information content (AvgIpc) is 2.21. The maximum absolute atomic E-state index is 11.8. The molecule has 3 N–H and O–H groups in total. The Hall–Kier alpha value is -0.290. The van der Waals surface area contributed by atoms with E-state index in [2.05, 4.69) is 12.2 Å². The predicted molar refractivity (Wildman–Crippen MR) is 64.8 cm³/mol. The van der Waals surface area contributed by atoms with Gasteiger partial charge >= 0.3 is 6.18 Å². The molecule has 0 aliphatic carbocycles. The molecule has 0 aliphatic heterocycles. The molecular weight excluding hydrogens is 229 g/mol. The summed E-state index contributed by atoms with van der Waals surface area (Å²) in [5.41, 5.74) is 5.44. The predicted octanol–water partition coefficient (Wildman–Crippen LogP) is 3.07. The lowest BCUT2D eigenvalue weighted by Crippen LogP contribution is -2.18. The molecule has 5 heteroatoms. The molecule has 0 radical (unpaired) electrons. The molecule has 0 aromatic carbocycles. The van der Waals surface area contributed by atoms with E-state index in [1.54, 1.807) is 0 Å². The minimum absolute atomic E-state index is 0.222. The van der Waals surface area contributed by atoms with E-state index < -0.39 is 12.6 Å². The maximum atomic E-state index is 11.8. The Labute approximate surface area is 102 Å². The van der Waals surface area contributed by atoms with Crippen molar-refractivity contribution in [2.24, 2.45) is 11.7 Å².